The van der Waals surface area contributed by atoms with E-state index in [0.717, 1.165) is 28.9 Å². The Morgan fingerprint density at radius 1 is 1.15 bits per heavy atom. The molecule has 3 heteroatoms. The molecule has 2 rings (SSSR count). The molecule has 1 fully saturated rings. The number of likely N-dealkylation sites (N-methyl/N-ethyl adjacent to an activating group) is 1. The van der Waals surface area contributed by atoms with E-state index < -0.39 is 0 Å². The first-order valence-electron chi connectivity index (χ1n) is 7.88. The largest absolute Gasteiger partial charge is 0.314 e. The number of rotatable bonds is 5. The van der Waals surface area contributed by atoms with Gasteiger partial charge < -0.3 is 5.32 Å². The lowest BCUT2D eigenvalue weighted by Crippen LogP contribution is -2.38. The monoisotopic (exact) mass is 313 g/mol. The van der Waals surface area contributed by atoms with Gasteiger partial charge in [-0.15, -0.1) is 0 Å². The fraction of sp³-hybridized carbons (Fsp3) is 0.647. The van der Waals surface area contributed by atoms with Crippen LogP contribution in [0, 0.1) is 5.92 Å². The number of benzene rings is 1. The third-order valence-corrected chi connectivity index (χ3v) is 4.99. The van der Waals surface area contributed by atoms with Crippen LogP contribution in [0.5, 0.6) is 0 Å². The summed E-state index contributed by atoms with van der Waals surface area (Å²) in [7, 11) is 0. The number of nitrogens with one attached hydrogen (secondary N) is 1. The van der Waals surface area contributed by atoms with Crippen LogP contribution in [-0.4, -0.2) is 12.6 Å². The van der Waals surface area contributed by atoms with Crippen molar-refractivity contribution in [2.24, 2.45) is 5.92 Å². The smallest absolute Gasteiger partial charge is 0.0439 e. The average Bonchev–Trinajstić information content (AvgIpc) is 2.71. The zero-order valence-corrected chi connectivity index (χ0v) is 13.8. The van der Waals surface area contributed by atoms with Crippen molar-refractivity contribution < 1.29 is 0 Å². The van der Waals surface area contributed by atoms with Crippen molar-refractivity contribution >= 4 is 23.2 Å². The molecule has 1 unspecified atom stereocenters. The summed E-state index contributed by atoms with van der Waals surface area (Å²) in [5, 5.41) is 5.29. The van der Waals surface area contributed by atoms with Gasteiger partial charge in [0.25, 0.3) is 0 Å². The summed E-state index contributed by atoms with van der Waals surface area (Å²) < 4.78 is 0. The normalized spacial score (nSPS) is 18.8. The predicted octanol–water partition coefficient (Wildman–Crippen LogP) is 5.48. The van der Waals surface area contributed by atoms with E-state index >= 15 is 0 Å². The molecule has 1 atom stereocenters. The van der Waals surface area contributed by atoms with E-state index in [1.807, 2.05) is 18.2 Å². The summed E-state index contributed by atoms with van der Waals surface area (Å²) in [6.45, 7) is 3.20. The van der Waals surface area contributed by atoms with Gasteiger partial charge >= 0.3 is 0 Å². The van der Waals surface area contributed by atoms with Crippen LogP contribution >= 0.6 is 23.2 Å². The van der Waals surface area contributed by atoms with Gasteiger partial charge in [-0.25, -0.2) is 0 Å². The summed E-state index contributed by atoms with van der Waals surface area (Å²) in [5.74, 6) is 0.771. The van der Waals surface area contributed by atoms with E-state index in [1.54, 1.807) is 0 Å². The molecule has 1 aromatic rings. The maximum Gasteiger partial charge on any atom is 0.0439 e. The maximum absolute atomic E-state index is 6.33. The highest BCUT2D eigenvalue weighted by molar-refractivity contribution is 6.33. The molecule has 0 aliphatic heterocycles. The Kier molecular flexibility index (Phi) is 6.67. The second-order valence-corrected chi connectivity index (χ2v) is 6.70. The van der Waals surface area contributed by atoms with E-state index in [0.29, 0.717) is 6.04 Å². The first kappa shape index (κ1) is 16.1. The van der Waals surface area contributed by atoms with Gasteiger partial charge in [-0.1, -0.05) is 55.8 Å². The first-order chi connectivity index (χ1) is 9.70. The molecular weight excluding hydrogens is 289 g/mol. The minimum Gasteiger partial charge on any atom is -0.314 e. The maximum atomic E-state index is 6.33. The molecule has 20 heavy (non-hydrogen) atoms. The zero-order valence-electron chi connectivity index (χ0n) is 12.3. The van der Waals surface area contributed by atoms with Gasteiger partial charge in [0, 0.05) is 16.1 Å². The van der Waals surface area contributed by atoms with E-state index in [-0.39, 0.29) is 0 Å². The van der Waals surface area contributed by atoms with Crippen LogP contribution in [0.4, 0.5) is 0 Å². The Labute approximate surface area is 133 Å². The van der Waals surface area contributed by atoms with Gasteiger partial charge in [0.15, 0.2) is 0 Å². The highest BCUT2D eigenvalue weighted by Gasteiger charge is 2.23. The SMILES string of the molecule is CCNC(Cc1cc(Cl)ccc1Cl)C1CCCCCC1. The average molecular weight is 314 g/mol. The summed E-state index contributed by atoms with van der Waals surface area (Å²) in [6.07, 6.45) is 9.20. The molecule has 1 N–H and O–H groups in total. The molecule has 0 bridgehead atoms. The Morgan fingerprint density at radius 2 is 1.85 bits per heavy atom. The van der Waals surface area contributed by atoms with Crippen molar-refractivity contribution in [3.05, 3.63) is 33.8 Å². The van der Waals surface area contributed by atoms with Gasteiger partial charge in [0.1, 0.15) is 0 Å². The van der Waals surface area contributed by atoms with E-state index in [2.05, 4.69) is 12.2 Å². The lowest BCUT2D eigenvalue weighted by atomic mass is 9.87. The third-order valence-electron chi connectivity index (χ3n) is 4.38. The van der Waals surface area contributed by atoms with Gasteiger partial charge in [0.2, 0.25) is 0 Å². The number of hydrogen-bond acceptors (Lipinski definition) is 1. The van der Waals surface area contributed by atoms with Gasteiger partial charge in [-0.2, -0.15) is 0 Å². The first-order valence-corrected chi connectivity index (χ1v) is 8.63. The van der Waals surface area contributed by atoms with E-state index in [1.165, 1.54) is 44.1 Å². The van der Waals surface area contributed by atoms with Crippen molar-refractivity contribution in [2.75, 3.05) is 6.54 Å². The van der Waals surface area contributed by atoms with Gasteiger partial charge in [-0.05, 0) is 55.5 Å². The van der Waals surface area contributed by atoms with Gasteiger partial charge in [-0.3, -0.25) is 0 Å². The van der Waals surface area contributed by atoms with Crippen molar-refractivity contribution in [3.8, 4) is 0 Å². The topological polar surface area (TPSA) is 12.0 Å². The molecule has 1 nitrogen and oxygen atoms in total. The van der Waals surface area contributed by atoms with E-state index in [4.69, 9.17) is 23.2 Å². The highest BCUT2D eigenvalue weighted by atomic mass is 35.5. The fourth-order valence-corrected chi connectivity index (χ4v) is 3.71. The molecule has 1 saturated carbocycles. The minimum absolute atomic E-state index is 0.522. The van der Waals surface area contributed by atoms with Crippen LogP contribution in [-0.2, 0) is 6.42 Å². The molecular formula is C17H25Cl2N. The van der Waals surface area contributed by atoms with Crippen LogP contribution in [0.2, 0.25) is 10.0 Å². The molecule has 0 aromatic heterocycles. The van der Waals surface area contributed by atoms with Crippen LogP contribution in [0.3, 0.4) is 0 Å². The molecule has 112 valence electrons. The minimum atomic E-state index is 0.522. The van der Waals surface area contributed by atoms with Gasteiger partial charge in [0.05, 0.1) is 0 Å². The zero-order chi connectivity index (χ0) is 14.4. The summed E-state index contributed by atoms with van der Waals surface area (Å²) in [5.41, 5.74) is 1.18. The van der Waals surface area contributed by atoms with Crippen molar-refractivity contribution in [1.82, 2.24) is 5.32 Å². The summed E-state index contributed by atoms with van der Waals surface area (Å²) >= 11 is 12.4. The van der Waals surface area contributed by atoms with E-state index in [9.17, 15) is 0 Å². The quantitative estimate of drug-likeness (QED) is 0.709. The van der Waals surface area contributed by atoms with Crippen LogP contribution < -0.4 is 5.32 Å². The van der Waals surface area contributed by atoms with Crippen molar-refractivity contribution in [3.63, 3.8) is 0 Å². The molecule has 1 aliphatic rings. The molecule has 0 spiro atoms. The number of hydrogen-bond donors (Lipinski definition) is 1. The second kappa shape index (κ2) is 8.26. The molecule has 1 aliphatic carbocycles. The molecule has 0 radical (unpaired) electrons. The Bertz CT molecular complexity index is 411. The van der Waals surface area contributed by atoms with Crippen LogP contribution in [0.25, 0.3) is 0 Å². The Balaban J connectivity index is 2.09. The Hall–Kier alpha value is -0.240. The molecule has 1 aromatic carbocycles. The molecule has 0 amide bonds. The predicted molar refractivity (Wildman–Crippen MR) is 88.8 cm³/mol. The van der Waals surface area contributed by atoms with Crippen molar-refractivity contribution in [1.29, 1.82) is 0 Å². The number of halogens is 2. The second-order valence-electron chi connectivity index (χ2n) is 5.86. The fourth-order valence-electron chi connectivity index (χ4n) is 3.32. The Morgan fingerprint density at radius 3 is 2.50 bits per heavy atom. The lowest BCUT2D eigenvalue weighted by Gasteiger charge is -2.27. The van der Waals surface area contributed by atoms with Crippen LogP contribution in [0.1, 0.15) is 51.0 Å². The lowest BCUT2D eigenvalue weighted by molar-refractivity contribution is 0.321. The van der Waals surface area contributed by atoms with Crippen molar-refractivity contribution in [2.45, 2.75) is 57.9 Å². The summed E-state index contributed by atoms with van der Waals surface area (Å²) in [4.78, 5) is 0. The molecule has 0 heterocycles. The third kappa shape index (κ3) is 4.65. The summed E-state index contributed by atoms with van der Waals surface area (Å²) in [6, 6.07) is 6.32. The molecule has 0 saturated heterocycles. The highest BCUT2D eigenvalue weighted by Crippen LogP contribution is 2.29. The standard InChI is InChI=1S/C17H25Cl2N/c1-2-20-17(13-7-5-3-4-6-8-13)12-14-11-15(18)9-10-16(14)19/h9-11,13,17,20H,2-8,12H2,1H3. The van der Waals surface area contributed by atoms with Crippen LogP contribution in [0.15, 0.2) is 18.2 Å².